The van der Waals surface area contributed by atoms with Crippen LogP contribution < -0.4 is 0 Å². The maximum absolute atomic E-state index is 12.6. The highest BCUT2D eigenvalue weighted by Gasteiger charge is 2.27. The number of rotatable bonds is 6. The third kappa shape index (κ3) is 4.59. The van der Waals surface area contributed by atoms with Crippen LogP contribution >= 0.6 is 11.3 Å². The lowest BCUT2D eigenvalue weighted by Gasteiger charge is -2.29. The maximum atomic E-state index is 12.6. The van der Waals surface area contributed by atoms with E-state index in [4.69, 9.17) is 9.15 Å². The Bertz CT molecular complexity index is 991. The summed E-state index contributed by atoms with van der Waals surface area (Å²) < 4.78 is 11.2. The van der Waals surface area contributed by atoms with Crippen LogP contribution in [0.15, 0.2) is 58.3 Å². The quantitative estimate of drug-likeness (QED) is 0.564. The second kappa shape index (κ2) is 8.66. The zero-order valence-corrected chi connectivity index (χ0v) is 17.1. The molecule has 0 radical (unpaired) electrons. The van der Waals surface area contributed by atoms with Crippen LogP contribution in [0.2, 0.25) is 0 Å². The van der Waals surface area contributed by atoms with Gasteiger partial charge in [0.25, 0.3) is 5.91 Å². The second-order valence-corrected chi connectivity index (χ2v) is 8.14. The Morgan fingerprint density at radius 1 is 1.17 bits per heavy atom. The van der Waals surface area contributed by atoms with Gasteiger partial charge in [-0.3, -0.25) is 9.59 Å². The van der Waals surface area contributed by atoms with Gasteiger partial charge in [-0.05, 0) is 42.5 Å². The number of esters is 1. The van der Waals surface area contributed by atoms with E-state index in [1.165, 1.54) is 10.4 Å². The largest absolute Gasteiger partial charge is 0.461 e. The van der Waals surface area contributed by atoms with Crippen molar-refractivity contribution in [2.45, 2.75) is 38.8 Å². The lowest BCUT2D eigenvalue weighted by Crippen LogP contribution is -2.42. The van der Waals surface area contributed by atoms with E-state index in [-0.39, 0.29) is 12.3 Å². The van der Waals surface area contributed by atoms with Gasteiger partial charge in [-0.15, -0.1) is 11.3 Å². The molecule has 4 rings (SSSR count). The summed E-state index contributed by atoms with van der Waals surface area (Å²) in [5.41, 5.74) is 2.19. The summed E-state index contributed by atoms with van der Waals surface area (Å²) in [6, 6.07) is 15.6. The van der Waals surface area contributed by atoms with Crippen molar-refractivity contribution in [2.75, 3.05) is 6.54 Å². The molecule has 0 N–H and O–H groups in total. The van der Waals surface area contributed by atoms with Crippen LogP contribution in [0.1, 0.15) is 29.5 Å². The summed E-state index contributed by atoms with van der Waals surface area (Å²) >= 11 is 1.73. The fourth-order valence-corrected chi connectivity index (χ4v) is 4.38. The molecule has 1 unspecified atom stereocenters. The molecular formula is C23H23NO4S. The van der Waals surface area contributed by atoms with Gasteiger partial charge in [0.1, 0.15) is 11.5 Å². The van der Waals surface area contributed by atoms with Crippen LogP contribution in [0.5, 0.6) is 0 Å². The van der Waals surface area contributed by atoms with Crippen molar-refractivity contribution in [3.63, 3.8) is 0 Å². The number of amides is 1. The number of hydrogen-bond donors (Lipinski definition) is 0. The Morgan fingerprint density at radius 2 is 2.00 bits per heavy atom. The molecule has 0 fully saturated rings. The van der Waals surface area contributed by atoms with Gasteiger partial charge in [0.2, 0.25) is 0 Å². The molecule has 29 heavy (non-hydrogen) atoms. The number of ether oxygens (including phenoxy) is 1. The van der Waals surface area contributed by atoms with Gasteiger partial charge in [-0.25, -0.2) is 0 Å². The van der Waals surface area contributed by atoms with Crippen molar-refractivity contribution in [1.82, 2.24) is 4.90 Å². The average Bonchev–Trinajstić information content (AvgIpc) is 3.41. The number of carbonyl (C=O) groups excluding carboxylic acids is 2. The van der Waals surface area contributed by atoms with E-state index >= 15 is 0 Å². The molecule has 0 spiro atoms. The summed E-state index contributed by atoms with van der Waals surface area (Å²) in [5, 5.41) is 2.06. The summed E-state index contributed by atoms with van der Waals surface area (Å²) in [6.07, 6.45) is 0.698. The van der Waals surface area contributed by atoms with Gasteiger partial charge in [0, 0.05) is 30.0 Å². The van der Waals surface area contributed by atoms with Gasteiger partial charge in [-0.2, -0.15) is 0 Å². The van der Waals surface area contributed by atoms with E-state index in [0.29, 0.717) is 19.5 Å². The number of nitrogens with zero attached hydrogens (tertiary/aromatic N) is 1. The molecule has 150 valence electrons. The first kappa shape index (κ1) is 19.5. The predicted molar refractivity (Wildman–Crippen MR) is 111 cm³/mol. The number of hydrogen-bond acceptors (Lipinski definition) is 5. The molecule has 1 atom stereocenters. The first-order valence-electron chi connectivity index (χ1n) is 9.78. The fourth-order valence-electron chi connectivity index (χ4n) is 3.50. The summed E-state index contributed by atoms with van der Waals surface area (Å²) in [5.74, 6) is 0.965. The van der Waals surface area contributed by atoms with Gasteiger partial charge in [0.15, 0.2) is 6.10 Å². The monoisotopic (exact) mass is 409 g/mol. The molecule has 6 heteroatoms. The van der Waals surface area contributed by atoms with E-state index in [1.54, 1.807) is 23.2 Å². The zero-order valence-electron chi connectivity index (χ0n) is 16.3. The van der Waals surface area contributed by atoms with E-state index in [0.717, 1.165) is 23.5 Å². The molecule has 0 bridgehead atoms. The first-order valence-corrected chi connectivity index (χ1v) is 10.7. The Kier molecular flexibility index (Phi) is 5.81. The number of aryl methyl sites for hydroxylation is 1. The van der Waals surface area contributed by atoms with Crippen molar-refractivity contribution in [3.8, 4) is 11.3 Å². The molecule has 1 aromatic carbocycles. The number of benzene rings is 1. The minimum absolute atomic E-state index is 0.139. The Hall–Kier alpha value is -2.86. The number of carbonyl (C=O) groups is 2. The lowest BCUT2D eigenvalue weighted by molar-refractivity contribution is -0.159. The standard InChI is InChI=1S/C23H23NO4S/c1-16(23(26)24-13-11-21-18(15-24)12-14-29-21)27-22(25)10-8-19-7-9-20(28-19)17-5-3-2-4-6-17/h2-7,9,12,14,16H,8,10-11,13,15H2,1H3. The van der Waals surface area contributed by atoms with Gasteiger partial charge in [-0.1, -0.05) is 30.3 Å². The van der Waals surface area contributed by atoms with Gasteiger partial charge >= 0.3 is 5.97 Å². The van der Waals surface area contributed by atoms with Crippen molar-refractivity contribution < 1.29 is 18.7 Å². The van der Waals surface area contributed by atoms with Gasteiger partial charge < -0.3 is 14.1 Å². The fraction of sp³-hybridized carbons (Fsp3) is 0.304. The molecule has 1 amide bonds. The summed E-state index contributed by atoms with van der Waals surface area (Å²) in [6.45, 7) is 2.90. The molecule has 2 aromatic heterocycles. The van der Waals surface area contributed by atoms with Crippen molar-refractivity contribution >= 4 is 23.2 Å². The Morgan fingerprint density at radius 3 is 2.83 bits per heavy atom. The van der Waals surface area contributed by atoms with E-state index < -0.39 is 12.1 Å². The lowest BCUT2D eigenvalue weighted by atomic mass is 10.1. The van der Waals surface area contributed by atoms with Crippen molar-refractivity contribution in [2.24, 2.45) is 0 Å². The molecule has 1 aliphatic rings. The molecule has 3 aromatic rings. The van der Waals surface area contributed by atoms with Crippen molar-refractivity contribution in [1.29, 1.82) is 0 Å². The Balaban J connectivity index is 1.26. The van der Waals surface area contributed by atoms with Crippen LogP contribution in [0.25, 0.3) is 11.3 Å². The van der Waals surface area contributed by atoms with Crippen LogP contribution in [-0.2, 0) is 33.7 Å². The first-order chi connectivity index (χ1) is 14.1. The van der Waals surface area contributed by atoms with Crippen LogP contribution in [0.3, 0.4) is 0 Å². The number of fused-ring (bicyclic) bond motifs is 1. The Labute approximate surface area is 173 Å². The zero-order chi connectivity index (χ0) is 20.2. The van der Waals surface area contributed by atoms with Crippen LogP contribution in [0, 0.1) is 0 Å². The molecule has 1 aliphatic heterocycles. The topological polar surface area (TPSA) is 59.8 Å². The van der Waals surface area contributed by atoms with Gasteiger partial charge in [0.05, 0.1) is 6.42 Å². The minimum Gasteiger partial charge on any atom is -0.461 e. The minimum atomic E-state index is -0.779. The second-order valence-electron chi connectivity index (χ2n) is 7.14. The molecule has 0 aliphatic carbocycles. The van der Waals surface area contributed by atoms with Crippen molar-refractivity contribution in [3.05, 3.63) is 70.1 Å². The molecular weight excluding hydrogens is 386 g/mol. The van der Waals surface area contributed by atoms with Crippen LogP contribution in [0.4, 0.5) is 0 Å². The highest BCUT2D eigenvalue weighted by Crippen LogP contribution is 2.25. The van der Waals surface area contributed by atoms with E-state index in [9.17, 15) is 9.59 Å². The highest BCUT2D eigenvalue weighted by molar-refractivity contribution is 7.10. The SMILES string of the molecule is CC(OC(=O)CCc1ccc(-c2ccccc2)o1)C(=O)N1CCc2sccc2C1. The predicted octanol–water partition coefficient (Wildman–Crippen LogP) is 4.46. The molecule has 5 nitrogen and oxygen atoms in total. The molecule has 0 saturated carbocycles. The number of thiophene rings is 1. The third-order valence-corrected chi connectivity index (χ3v) is 6.09. The van der Waals surface area contributed by atoms with Crippen LogP contribution in [-0.4, -0.2) is 29.4 Å². The smallest absolute Gasteiger partial charge is 0.307 e. The summed E-state index contributed by atoms with van der Waals surface area (Å²) in [4.78, 5) is 28.0. The summed E-state index contributed by atoms with van der Waals surface area (Å²) in [7, 11) is 0. The number of furan rings is 1. The highest BCUT2D eigenvalue weighted by atomic mass is 32.1. The molecule has 0 saturated heterocycles. The maximum Gasteiger partial charge on any atom is 0.307 e. The normalized spacial score (nSPS) is 14.3. The van der Waals surface area contributed by atoms with E-state index in [2.05, 4.69) is 11.4 Å². The average molecular weight is 410 g/mol. The molecule has 3 heterocycles. The third-order valence-electron chi connectivity index (χ3n) is 5.07. The van der Waals surface area contributed by atoms with E-state index in [1.807, 2.05) is 42.5 Å².